The molecule has 45 atom stereocenters. The Morgan fingerprint density at radius 3 is 0.657 bits per heavy atom. The summed E-state index contributed by atoms with van der Waals surface area (Å²) in [5, 5.41) is 299. The first-order valence-corrected chi connectivity index (χ1v) is 31.6. The number of rotatable bonds is 13. The van der Waals surface area contributed by atoms with Crippen molar-refractivity contribution >= 4 is 0 Å². The Bertz CT molecular complexity index is 2450. The van der Waals surface area contributed by atoms with Crippen LogP contribution >= 0.6 is 0 Å². The summed E-state index contributed by atoms with van der Waals surface area (Å²) >= 11 is 0. The van der Waals surface area contributed by atoms with E-state index in [-0.39, 0.29) is 0 Å². The first-order chi connectivity index (χ1) is 47.1. The van der Waals surface area contributed by atoms with Crippen LogP contribution in [0.15, 0.2) is 0 Å². The highest BCUT2D eigenvalue weighted by molar-refractivity contribution is 5.03. The van der Waals surface area contributed by atoms with E-state index in [0.717, 1.165) is 0 Å². The van der Waals surface area contributed by atoms with Crippen LogP contribution in [0, 0.1) is 0 Å². The van der Waals surface area contributed by atoms with E-state index in [9.17, 15) is 138 Å². The highest BCUT2D eigenvalue weighted by atomic mass is 16.8. The summed E-state index contributed by atoms with van der Waals surface area (Å²) in [5.74, 6) is 0. The van der Waals surface area contributed by atoms with Crippen molar-refractivity contribution in [3.05, 3.63) is 0 Å². The van der Waals surface area contributed by atoms with Crippen LogP contribution in [-0.4, -0.2) is 474 Å². The fourth-order valence-electron chi connectivity index (χ4n) is 13.3. The average Bonchev–Trinajstić information content (AvgIpc) is 0.754. The summed E-state index contributed by atoms with van der Waals surface area (Å²) in [6, 6.07) is 0. The molecule has 45 heteroatoms. The van der Waals surface area contributed by atoms with Crippen LogP contribution in [0.4, 0.5) is 0 Å². The number of aliphatic hydroxyl groups is 27. The number of ether oxygens (including phenoxy) is 18. The van der Waals surface area contributed by atoms with Gasteiger partial charge in [-0.3, -0.25) is 0 Å². The van der Waals surface area contributed by atoms with Gasteiger partial charge in [0, 0.05) is 0 Å². The molecule has 23 aliphatic rings. The molecule has 23 saturated heterocycles. The minimum Gasteiger partial charge on any atom is -0.394 e. The van der Waals surface area contributed by atoms with Crippen LogP contribution in [0.5, 0.6) is 0 Å². The molecule has 14 bridgehead atoms. The maximum absolute atomic E-state index is 12.0. The van der Waals surface area contributed by atoms with Gasteiger partial charge in [-0.05, 0) is 0 Å². The largest absolute Gasteiger partial charge is 0.394 e. The average molecular weight is 1460 g/mol. The summed E-state index contributed by atoms with van der Waals surface area (Å²) in [6.45, 7) is -9.86. The third-order valence-corrected chi connectivity index (χ3v) is 19.0. The van der Waals surface area contributed by atoms with Gasteiger partial charge in [0.05, 0.1) is 59.5 Å². The quantitative estimate of drug-likeness (QED) is 0.0814. The molecule has 0 aromatic rings. The second-order valence-corrected chi connectivity index (χ2v) is 25.3. The molecule has 23 heterocycles. The Labute approximate surface area is 558 Å². The Morgan fingerprint density at radius 2 is 0.404 bits per heavy atom. The van der Waals surface area contributed by atoms with Gasteiger partial charge in [0.15, 0.2) is 56.6 Å². The lowest BCUT2D eigenvalue weighted by molar-refractivity contribution is -0.399. The van der Waals surface area contributed by atoms with E-state index in [1.54, 1.807) is 0 Å². The van der Waals surface area contributed by atoms with Crippen LogP contribution in [0.1, 0.15) is 0 Å². The molecule has 0 radical (unpaired) electrons. The summed E-state index contributed by atoms with van der Waals surface area (Å²) in [7, 11) is 0. The summed E-state index contributed by atoms with van der Waals surface area (Å²) in [5.41, 5.74) is 0. The molecule has 0 saturated carbocycles. The van der Waals surface area contributed by atoms with E-state index < -0.39 is 336 Å². The van der Waals surface area contributed by atoms with Gasteiger partial charge in [-0.25, -0.2) is 0 Å². The van der Waals surface area contributed by atoms with Crippen molar-refractivity contribution in [2.45, 2.75) is 276 Å². The van der Waals surface area contributed by atoms with Crippen molar-refractivity contribution in [3.8, 4) is 0 Å². The second-order valence-electron chi connectivity index (χ2n) is 25.3. The smallest absolute Gasteiger partial charge is 0.187 e. The van der Waals surface area contributed by atoms with Gasteiger partial charge in [0.25, 0.3) is 0 Å². The van der Waals surface area contributed by atoms with Crippen LogP contribution in [0.3, 0.4) is 0 Å². The molecule has 0 spiro atoms. The van der Waals surface area contributed by atoms with E-state index in [1.165, 1.54) is 0 Å². The number of aliphatic hydroxyl groups excluding tert-OH is 27. The first-order valence-electron chi connectivity index (χ1n) is 31.6. The zero-order valence-electron chi connectivity index (χ0n) is 51.8. The Hall–Kier alpha value is -1.80. The van der Waals surface area contributed by atoms with Gasteiger partial charge in [-0.2, -0.15) is 0 Å². The Kier molecular flexibility index (Phi) is 27.4. The lowest BCUT2D eigenvalue weighted by Gasteiger charge is -2.50. The van der Waals surface area contributed by atoms with Gasteiger partial charge in [-0.15, -0.1) is 0 Å². The molecule has 23 rings (SSSR count). The highest BCUT2D eigenvalue weighted by Gasteiger charge is 2.61. The molecular formula is C54H90O45. The second kappa shape index (κ2) is 34.0. The van der Waals surface area contributed by atoms with Gasteiger partial charge >= 0.3 is 0 Å². The van der Waals surface area contributed by atoms with E-state index in [4.69, 9.17) is 85.3 Å². The third kappa shape index (κ3) is 16.0. The minimum atomic E-state index is -2.43. The summed E-state index contributed by atoms with van der Waals surface area (Å²) < 4.78 is 103. The van der Waals surface area contributed by atoms with Gasteiger partial charge in [0.1, 0.15) is 220 Å². The van der Waals surface area contributed by atoms with E-state index >= 15 is 0 Å². The van der Waals surface area contributed by atoms with Crippen LogP contribution in [0.2, 0.25) is 0 Å². The van der Waals surface area contributed by atoms with Gasteiger partial charge < -0.3 is 223 Å². The van der Waals surface area contributed by atoms with E-state index in [2.05, 4.69) is 0 Å². The molecule has 0 aliphatic carbocycles. The van der Waals surface area contributed by atoms with Crippen molar-refractivity contribution in [1.29, 1.82) is 0 Å². The van der Waals surface area contributed by atoms with Crippen molar-refractivity contribution in [2.75, 3.05) is 59.5 Å². The minimum absolute atomic E-state index is 0.906. The predicted molar refractivity (Wildman–Crippen MR) is 294 cm³/mol. The maximum atomic E-state index is 12.0. The third-order valence-electron chi connectivity index (χ3n) is 19.0. The normalized spacial score (nSPS) is 55.1. The fourth-order valence-corrected chi connectivity index (χ4v) is 13.3. The molecule has 0 aromatic carbocycles. The molecular weight excluding hydrogens is 1370 g/mol. The van der Waals surface area contributed by atoms with Crippen LogP contribution < -0.4 is 0 Å². The van der Waals surface area contributed by atoms with Crippen LogP contribution in [0.25, 0.3) is 0 Å². The van der Waals surface area contributed by atoms with Crippen molar-refractivity contribution in [2.24, 2.45) is 0 Å². The summed E-state index contributed by atoms with van der Waals surface area (Å²) in [4.78, 5) is 0. The Balaban J connectivity index is 0.938. The number of hydrogen-bond donors (Lipinski definition) is 27. The Morgan fingerprint density at radius 1 is 0.182 bits per heavy atom. The molecule has 99 heavy (non-hydrogen) atoms. The summed E-state index contributed by atoms with van der Waals surface area (Å²) in [6.07, 6.45) is -94.3. The molecule has 1 unspecified atom stereocenters. The first kappa shape index (κ1) is 79.8. The molecule has 45 nitrogen and oxygen atoms in total. The molecule has 0 aromatic heterocycles. The molecule has 0 amide bonds. The van der Waals surface area contributed by atoms with Crippen molar-refractivity contribution < 1.29 is 223 Å². The molecule has 27 N–H and O–H groups in total. The lowest BCUT2D eigenvalue weighted by Crippen LogP contribution is -2.68. The molecule has 23 fully saturated rings. The monoisotopic (exact) mass is 1460 g/mol. The fraction of sp³-hybridized carbons (Fsp3) is 1.00. The van der Waals surface area contributed by atoms with Crippen LogP contribution in [-0.2, 0) is 85.3 Å². The molecule has 23 aliphatic heterocycles. The van der Waals surface area contributed by atoms with Gasteiger partial charge in [-0.1, -0.05) is 0 Å². The van der Waals surface area contributed by atoms with Gasteiger partial charge in [0.2, 0.25) is 0 Å². The number of hydrogen-bond acceptors (Lipinski definition) is 45. The lowest BCUT2D eigenvalue weighted by atomic mass is 9.95. The SMILES string of the molecule is OC[C@H]1O[C@H](O[C@H]2[C@H](O)[C@@H](O)[C@@H](OC[C@H]3O[C@@H]4O[C@H]5[C@H](O)[C@@H](O)[C@@H](O[C@H]6[C@H](O)[C@@H](O)[C@@H](O[C@H]7[C@H](O)[C@@H](O)[C@@H](O[C@H]8[C@H](O)[C@@H](O)[C@@H](O[C@H]9[C@@H](O)[C@H](O)[C@@H](O[C@H]%10[C@H](O)[C@@H](O)[C@@H](O[C@H]3[C@H](O)C4O)O[C@@H]%10CO)O[C@@H]9CO)O[C@@H]8CO)O[C@@H]7CO)O[C@@H]6CO)O[C@@H]5CO)O[C@@H]2CO)[C@H](O)[C@@H](O)[C@@H]1O. The van der Waals surface area contributed by atoms with E-state index in [1.807, 2.05) is 0 Å². The van der Waals surface area contributed by atoms with Crippen molar-refractivity contribution in [1.82, 2.24) is 0 Å². The standard InChI is InChI=1S/C54H90O45/c55-1-10-19(63)20(64)29(73)47(83-10)92-38-11(2-56)84-46(30(74)21(38)65)82-9-18-45-28(72)37(81)54(91-18)98-44-17(8-62)89-52(35(79)26(44)70)96-42-15(6-60)87-50(33(77)24(42)68)94-40-13(4-58)85-48(31(75)22(40)66)93-39-12(3-57)86-49(32(76)23(39)67)95-41-14(5-59)88-51(34(78)25(41)69)97-43-16(7-61)90-53(99-45)36(80)27(43)71/h10-81H,1-9H2/t10-,11-,12-,13-,14-,15-,16-,17-,18-,19-,20+,21-,22-,23-,24-,25+,26-,27-,28-,29-,30-,31-,32-,33-,34+,35-,36-,37?,38-,39-,40-,41-,42-,43-,44-,45-,46+,47-,48-,49-,50-,51-,52-,53-,54-/m1/s1. The predicted octanol–water partition coefficient (Wildman–Crippen LogP) is -19.6. The zero-order chi connectivity index (χ0) is 72.1. The topological polar surface area (TPSA) is 712 Å². The highest BCUT2D eigenvalue weighted by Crippen LogP contribution is 2.40. The maximum Gasteiger partial charge on any atom is 0.187 e. The van der Waals surface area contributed by atoms with E-state index in [0.29, 0.717) is 0 Å². The zero-order valence-corrected chi connectivity index (χ0v) is 51.8. The molecule has 576 valence electrons. The van der Waals surface area contributed by atoms with Crippen molar-refractivity contribution in [3.63, 3.8) is 0 Å².